The van der Waals surface area contributed by atoms with E-state index < -0.39 is 22.0 Å². The van der Waals surface area contributed by atoms with Crippen LogP contribution in [0, 0.1) is 0 Å². The van der Waals surface area contributed by atoms with Crippen LogP contribution in [0.5, 0.6) is 0 Å². The Morgan fingerprint density at radius 1 is 1.29 bits per heavy atom. The molecular formula is C14H14N2O4S. The molecule has 6 nitrogen and oxygen atoms in total. The quantitative estimate of drug-likeness (QED) is 0.928. The lowest BCUT2D eigenvalue weighted by Gasteiger charge is -2.21. The van der Waals surface area contributed by atoms with E-state index >= 15 is 0 Å². The number of hydrogen-bond donors (Lipinski definition) is 1. The molecule has 3 rings (SSSR count). The van der Waals surface area contributed by atoms with Gasteiger partial charge in [-0.3, -0.25) is 9.78 Å². The number of pyridine rings is 1. The number of carbonyl (C=O) groups is 1. The van der Waals surface area contributed by atoms with E-state index in [1.807, 2.05) is 0 Å². The van der Waals surface area contributed by atoms with Crippen molar-refractivity contribution in [2.24, 2.45) is 0 Å². The van der Waals surface area contributed by atoms with E-state index in [9.17, 15) is 18.3 Å². The molecule has 0 amide bonds. The summed E-state index contributed by atoms with van der Waals surface area (Å²) >= 11 is 0. The van der Waals surface area contributed by atoms with Crippen LogP contribution in [0.4, 0.5) is 0 Å². The highest BCUT2D eigenvalue weighted by Crippen LogP contribution is 2.30. The van der Waals surface area contributed by atoms with Gasteiger partial charge in [0.25, 0.3) is 0 Å². The number of benzene rings is 1. The van der Waals surface area contributed by atoms with E-state index in [1.54, 1.807) is 30.5 Å². The molecule has 0 spiro atoms. The van der Waals surface area contributed by atoms with Gasteiger partial charge in [-0.25, -0.2) is 8.42 Å². The summed E-state index contributed by atoms with van der Waals surface area (Å²) in [5.41, 5.74) is 0.574. The van der Waals surface area contributed by atoms with Crippen LogP contribution in [-0.2, 0) is 14.8 Å². The SMILES string of the molecule is O=C(O)[C@@H]1CCCN1S(=O)(=O)c1cccc2ncccc12. The third-order valence-corrected chi connectivity index (χ3v) is 5.65. The Labute approximate surface area is 122 Å². The van der Waals surface area contributed by atoms with Crippen molar-refractivity contribution < 1.29 is 18.3 Å². The minimum absolute atomic E-state index is 0.112. The third-order valence-electron chi connectivity index (χ3n) is 3.68. The Morgan fingerprint density at radius 3 is 2.86 bits per heavy atom. The van der Waals surface area contributed by atoms with Crippen LogP contribution in [0.25, 0.3) is 10.9 Å². The van der Waals surface area contributed by atoms with Gasteiger partial charge < -0.3 is 5.11 Å². The second-order valence-corrected chi connectivity index (χ2v) is 6.80. The Morgan fingerprint density at radius 2 is 2.10 bits per heavy atom. The minimum Gasteiger partial charge on any atom is -0.480 e. The number of rotatable bonds is 3. The summed E-state index contributed by atoms with van der Waals surface area (Å²) in [6, 6.07) is 7.21. The summed E-state index contributed by atoms with van der Waals surface area (Å²) in [4.78, 5) is 15.5. The van der Waals surface area contributed by atoms with E-state index in [0.717, 1.165) is 4.31 Å². The second-order valence-electron chi connectivity index (χ2n) is 4.94. The average molecular weight is 306 g/mol. The average Bonchev–Trinajstić information content (AvgIpc) is 2.97. The number of hydrogen-bond acceptors (Lipinski definition) is 4. The molecule has 1 aromatic carbocycles. The zero-order valence-electron chi connectivity index (χ0n) is 11.1. The van der Waals surface area contributed by atoms with Crippen LogP contribution in [0.3, 0.4) is 0 Å². The zero-order chi connectivity index (χ0) is 15.0. The lowest BCUT2D eigenvalue weighted by Crippen LogP contribution is -2.40. The van der Waals surface area contributed by atoms with Crippen molar-refractivity contribution in [2.45, 2.75) is 23.8 Å². The predicted octanol–water partition coefficient (Wildman–Crippen LogP) is 1.47. The highest BCUT2D eigenvalue weighted by molar-refractivity contribution is 7.89. The van der Waals surface area contributed by atoms with Crippen molar-refractivity contribution in [3.63, 3.8) is 0 Å². The van der Waals surface area contributed by atoms with Crippen molar-refractivity contribution in [3.05, 3.63) is 36.5 Å². The van der Waals surface area contributed by atoms with Crippen molar-refractivity contribution in [1.82, 2.24) is 9.29 Å². The number of carboxylic acid groups (broad SMARTS) is 1. The molecule has 0 bridgehead atoms. The van der Waals surface area contributed by atoms with Crippen LogP contribution in [0.15, 0.2) is 41.4 Å². The Balaban J connectivity index is 2.15. The molecule has 7 heteroatoms. The van der Waals surface area contributed by atoms with Gasteiger partial charge >= 0.3 is 5.97 Å². The van der Waals surface area contributed by atoms with Gasteiger partial charge in [-0.05, 0) is 37.1 Å². The summed E-state index contributed by atoms with van der Waals surface area (Å²) in [6.07, 6.45) is 2.49. The highest BCUT2D eigenvalue weighted by Gasteiger charge is 2.39. The molecule has 0 unspecified atom stereocenters. The first-order valence-electron chi connectivity index (χ1n) is 6.60. The van der Waals surface area contributed by atoms with Gasteiger partial charge in [0.15, 0.2) is 0 Å². The van der Waals surface area contributed by atoms with Gasteiger partial charge in [0.1, 0.15) is 6.04 Å². The number of aliphatic carboxylic acids is 1. The topological polar surface area (TPSA) is 87.6 Å². The summed E-state index contributed by atoms with van der Waals surface area (Å²) in [5.74, 6) is -1.10. The molecule has 1 aliphatic rings. The van der Waals surface area contributed by atoms with E-state index in [2.05, 4.69) is 4.98 Å². The summed E-state index contributed by atoms with van der Waals surface area (Å²) < 4.78 is 26.7. The number of fused-ring (bicyclic) bond motifs is 1. The van der Waals surface area contributed by atoms with Crippen LogP contribution in [0.2, 0.25) is 0 Å². The largest absolute Gasteiger partial charge is 0.480 e. The van der Waals surface area contributed by atoms with Crippen LogP contribution < -0.4 is 0 Å². The smallest absolute Gasteiger partial charge is 0.322 e. The van der Waals surface area contributed by atoms with Crippen molar-refractivity contribution in [1.29, 1.82) is 0 Å². The monoisotopic (exact) mass is 306 g/mol. The van der Waals surface area contributed by atoms with E-state index in [-0.39, 0.29) is 11.4 Å². The molecule has 1 fully saturated rings. The molecule has 1 aliphatic heterocycles. The molecule has 0 aliphatic carbocycles. The first-order valence-corrected chi connectivity index (χ1v) is 8.04. The van der Waals surface area contributed by atoms with Gasteiger partial charge in [-0.15, -0.1) is 0 Å². The number of nitrogens with zero attached hydrogens (tertiary/aromatic N) is 2. The molecule has 110 valence electrons. The van der Waals surface area contributed by atoms with Gasteiger partial charge in [-0.1, -0.05) is 6.07 Å². The molecule has 1 atom stereocenters. The summed E-state index contributed by atoms with van der Waals surface area (Å²) in [7, 11) is -3.85. The number of carboxylic acids is 1. The van der Waals surface area contributed by atoms with Crippen molar-refractivity contribution >= 4 is 26.9 Å². The second kappa shape index (κ2) is 5.09. The molecular weight excluding hydrogens is 292 g/mol. The van der Waals surface area contributed by atoms with E-state index in [1.165, 1.54) is 6.07 Å². The van der Waals surface area contributed by atoms with Crippen LogP contribution in [0.1, 0.15) is 12.8 Å². The zero-order valence-corrected chi connectivity index (χ0v) is 12.0. The molecule has 21 heavy (non-hydrogen) atoms. The number of aromatic nitrogens is 1. The Kier molecular flexibility index (Phi) is 3.38. The fourth-order valence-electron chi connectivity index (χ4n) is 2.70. The lowest BCUT2D eigenvalue weighted by atomic mass is 10.2. The normalized spacial score (nSPS) is 19.9. The first kappa shape index (κ1) is 14.0. The molecule has 1 N–H and O–H groups in total. The lowest BCUT2D eigenvalue weighted by molar-refractivity contribution is -0.140. The first-order chi connectivity index (χ1) is 10.0. The fourth-order valence-corrected chi connectivity index (χ4v) is 4.55. The molecule has 0 saturated carbocycles. The van der Waals surface area contributed by atoms with Gasteiger partial charge in [-0.2, -0.15) is 4.31 Å². The Hall–Kier alpha value is -1.99. The maximum Gasteiger partial charge on any atom is 0.322 e. The maximum atomic E-state index is 12.8. The Bertz CT molecular complexity index is 798. The molecule has 1 saturated heterocycles. The van der Waals surface area contributed by atoms with Crippen molar-refractivity contribution in [2.75, 3.05) is 6.54 Å². The van der Waals surface area contributed by atoms with Crippen LogP contribution >= 0.6 is 0 Å². The summed E-state index contributed by atoms with van der Waals surface area (Å²) in [6.45, 7) is 0.232. The molecule has 2 heterocycles. The standard InChI is InChI=1S/C14H14N2O4S/c17-14(18)12-6-3-9-16(12)21(19,20)13-7-1-5-11-10(13)4-2-8-15-11/h1-2,4-5,7-8,12H,3,6,9H2,(H,17,18)/t12-/m0/s1. The summed E-state index contributed by atoms with van der Waals surface area (Å²) in [5, 5.41) is 9.70. The number of sulfonamides is 1. The third kappa shape index (κ3) is 2.28. The fraction of sp³-hybridized carbons (Fsp3) is 0.286. The predicted molar refractivity (Wildman–Crippen MR) is 76.3 cm³/mol. The van der Waals surface area contributed by atoms with Gasteiger partial charge in [0.05, 0.1) is 10.4 Å². The van der Waals surface area contributed by atoms with Crippen LogP contribution in [-0.4, -0.2) is 41.4 Å². The van der Waals surface area contributed by atoms with Gasteiger partial charge in [0.2, 0.25) is 10.0 Å². The van der Waals surface area contributed by atoms with E-state index in [0.29, 0.717) is 23.7 Å². The van der Waals surface area contributed by atoms with Gasteiger partial charge in [0, 0.05) is 18.1 Å². The molecule has 1 aromatic heterocycles. The van der Waals surface area contributed by atoms with E-state index in [4.69, 9.17) is 0 Å². The van der Waals surface area contributed by atoms with Crippen molar-refractivity contribution in [3.8, 4) is 0 Å². The highest BCUT2D eigenvalue weighted by atomic mass is 32.2. The molecule has 0 radical (unpaired) electrons. The minimum atomic E-state index is -3.85. The molecule has 2 aromatic rings. The maximum absolute atomic E-state index is 12.8.